The highest BCUT2D eigenvalue weighted by Gasteiger charge is 2.17. The largest absolute Gasteiger partial charge is 0.416 e. The molecule has 0 fully saturated rings. The molecule has 0 radical (unpaired) electrons. The van der Waals surface area contributed by atoms with Crippen LogP contribution in [0, 0.1) is 6.92 Å². The number of hydrogen-bond donors (Lipinski definition) is 0. The molecule has 5 heteroatoms. The van der Waals surface area contributed by atoms with Crippen molar-refractivity contribution in [2.75, 3.05) is 0 Å². The highest BCUT2D eigenvalue weighted by atomic mass is 32.2. The Morgan fingerprint density at radius 1 is 0.815 bits per heavy atom. The van der Waals surface area contributed by atoms with Gasteiger partial charge in [0.1, 0.15) is 0 Å². The van der Waals surface area contributed by atoms with Crippen molar-refractivity contribution in [3.8, 4) is 22.9 Å². The smallest absolute Gasteiger partial charge is 0.249 e. The van der Waals surface area contributed by atoms with Gasteiger partial charge in [-0.1, -0.05) is 60.2 Å². The van der Waals surface area contributed by atoms with Gasteiger partial charge in [0.15, 0.2) is 0 Å². The highest BCUT2D eigenvalue weighted by molar-refractivity contribution is 7.84. The molecule has 0 N–H and O–H groups in total. The summed E-state index contributed by atoms with van der Waals surface area (Å²) in [6.07, 6.45) is 0. The van der Waals surface area contributed by atoms with E-state index in [1.165, 1.54) is 5.56 Å². The van der Waals surface area contributed by atoms with Crippen LogP contribution in [0.1, 0.15) is 11.1 Å². The van der Waals surface area contributed by atoms with Crippen LogP contribution in [0.3, 0.4) is 0 Å². The molecule has 0 aliphatic rings. The Labute approximate surface area is 160 Å². The zero-order chi connectivity index (χ0) is 18.6. The molecule has 134 valence electrons. The van der Waals surface area contributed by atoms with E-state index in [1.54, 1.807) is 0 Å². The first-order chi connectivity index (χ1) is 13.2. The molecule has 0 spiro atoms. The van der Waals surface area contributed by atoms with Gasteiger partial charge in [0.2, 0.25) is 11.8 Å². The summed E-state index contributed by atoms with van der Waals surface area (Å²) in [4.78, 5) is 0.696. The van der Waals surface area contributed by atoms with Crippen LogP contribution in [0.25, 0.3) is 22.9 Å². The third kappa shape index (κ3) is 3.88. The third-order valence-corrected chi connectivity index (χ3v) is 5.67. The molecule has 0 amide bonds. The summed E-state index contributed by atoms with van der Waals surface area (Å²) in [5.41, 5.74) is 3.78. The fourth-order valence-corrected chi connectivity index (χ4v) is 4.07. The topological polar surface area (TPSA) is 56.0 Å². The lowest BCUT2D eigenvalue weighted by Crippen LogP contribution is -1.99. The van der Waals surface area contributed by atoms with Gasteiger partial charge in [-0.25, -0.2) is 0 Å². The van der Waals surface area contributed by atoms with Crippen LogP contribution in [-0.4, -0.2) is 14.4 Å². The molecule has 0 aliphatic carbocycles. The minimum Gasteiger partial charge on any atom is -0.416 e. The Kier molecular flexibility index (Phi) is 4.94. The molecule has 27 heavy (non-hydrogen) atoms. The first-order valence-corrected chi connectivity index (χ1v) is 9.95. The van der Waals surface area contributed by atoms with Crippen LogP contribution in [0.5, 0.6) is 0 Å². The van der Waals surface area contributed by atoms with Crippen molar-refractivity contribution in [2.24, 2.45) is 0 Å². The molecule has 1 aromatic heterocycles. The van der Waals surface area contributed by atoms with Crippen molar-refractivity contribution in [2.45, 2.75) is 17.6 Å². The molecule has 0 unspecified atom stereocenters. The Balaban J connectivity index is 1.64. The zero-order valence-corrected chi connectivity index (χ0v) is 15.6. The van der Waals surface area contributed by atoms with Gasteiger partial charge in [-0.2, -0.15) is 0 Å². The highest BCUT2D eigenvalue weighted by Crippen LogP contribution is 2.29. The first-order valence-electron chi connectivity index (χ1n) is 8.63. The fourth-order valence-electron chi connectivity index (χ4n) is 2.78. The van der Waals surface area contributed by atoms with Crippen molar-refractivity contribution in [3.05, 3.63) is 90.0 Å². The summed E-state index contributed by atoms with van der Waals surface area (Å²) in [6.45, 7) is 2.04. The van der Waals surface area contributed by atoms with Crippen molar-refractivity contribution in [1.82, 2.24) is 10.2 Å². The summed E-state index contributed by atoms with van der Waals surface area (Å²) in [5, 5.41) is 8.31. The van der Waals surface area contributed by atoms with E-state index in [4.69, 9.17) is 4.42 Å². The van der Waals surface area contributed by atoms with E-state index in [0.717, 1.165) is 11.1 Å². The van der Waals surface area contributed by atoms with Crippen LogP contribution in [0.15, 0.2) is 88.2 Å². The number of nitrogens with zero attached hydrogens (tertiary/aromatic N) is 2. The Hall–Kier alpha value is -3.05. The quantitative estimate of drug-likeness (QED) is 0.492. The number of aromatic nitrogens is 2. The molecule has 4 nitrogen and oxygen atoms in total. The maximum Gasteiger partial charge on any atom is 0.249 e. The van der Waals surface area contributed by atoms with E-state index in [0.29, 0.717) is 28.0 Å². The molecule has 4 aromatic rings. The van der Waals surface area contributed by atoms with E-state index < -0.39 is 10.8 Å². The summed E-state index contributed by atoms with van der Waals surface area (Å²) < 4.78 is 18.8. The summed E-state index contributed by atoms with van der Waals surface area (Å²) in [6, 6.07) is 25.2. The molecule has 1 heterocycles. The van der Waals surface area contributed by atoms with Gasteiger partial charge < -0.3 is 4.42 Å². The lowest BCUT2D eigenvalue weighted by Gasteiger charge is -2.07. The Morgan fingerprint density at radius 2 is 1.48 bits per heavy atom. The molecule has 4 rings (SSSR count). The van der Waals surface area contributed by atoms with Gasteiger partial charge in [0, 0.05) is 5.56 Å². The van der Waals surface area contributed by atoms with Crippen molar-refractivity contribution >= 4 is 10.8 Å². The second-order valence-corrected chi connectivity index (χ2v) is 7.67. The van der Waals surface area contributed by atoms with E-state index in [-0.39, 0.29) is 0 Å². The molecule has 0 aliphatic heterocycles. The Morgan fingerprint density at radius 3 is 2.26 bits per heavy atom. The monoisotopic (exact) mass is 374 g/mol. The zero-order valence-electron chi connectivity index (χ0n) is 14.8. The van der Waals surface area contributed by atoms with Gasteiger partial charge in [-0.05, 0) is 36.8 Å². The predicted octanol–water partition coefficient (Wildman–Crippen LogP) is 5.02. The third-order valence-electron chi connectivity index (χ3n) is 4.23. The van der Waals surface area contributed by atoms with E-state index in [1.807, 2.05) is 85.8 Å². The molecule has 0 bridgehead atoms. The standard InChI is InChI=1S/C22H18N2O2S/c1-16-11-13-17(14-12-16)15-27(25)20-10-6-5-9-19(20)22-24-23-21(26-22)18-7-3-2-4-8-18/h2-14H,15H2,1H3/t27-/m0/s1. The number of rotatable bonds is 5. The summed E-state index contributed by atoms with van der Waals surface area (Å²) in [7, 11) is -1.22. The van der Waals surface area contributed by atoms with Gasteiger partial charge in [0.05, 0.1) is 27.0 Å². The minimum atomic E-state index is -1.22. The van der Waals surface area contributed by atoms with Gasteiger partial charge >= 0.3 is 0 Å². The van der Waals surface area contributed by atoms with Gasteiger partial charge in [0.25, 0.3) is 0 Å². The lowest BCUT2D eigenvalue weighted by atomic mass is 10.2. The van der Waals surface area contributed by atoms with E-state index >= 15 is 0 Å². The summed E-state index contributed by atoms with van der Waals surface area (Å²) >= 11 is 0. The molecule has 0 saturated heterocycles. The predicted molar refractivity (Wildman–Crippen MR) is 106 cm³/mol. The molecule has 0 saturated carbocycles. The van der Waals surface area contributed by atoms with Crippen molar-refractivity contribution in [3.63, 3.8) is 0 Å². The van der Waals surface area contributed by atoms with Crippen LogP contribution in [0.2, 0.25) is 0 Å². The average molecular weight is 374 g/mol. The van der Waals surface area contributed by atoms with Gasteiger partial charge in [-0.3, -0.25) is 4.21 Å². The van der Waals surface area contributed by atoms with Crippen LogP contribution in [0.4, 0.5) is 0 Å². The molecule has 3 aromatic carbocycles. The van der Waals surface area contributed by atoms with Crippen molar-refractivity contribution in [1.29, 1.82) is 0 Å². The first kappa shape index (κ1) is 17.4. The second kappa shape index (κ2) is 7.68. The fraction of sp³-hybridized carbons (Fsp3) is 0.0909. The van der Waals surface area contributed by atoms with Crippen LogP contribution < -0.4 is 0 Å². The molecular formula is C22H18N2O2S. The number of hydrogen-bond acceptors (Lipinski definition) is 4. The SMILES string of the molecule is Cc1ccc(C[S@](=O)c2ccccc2-c2nnc(-c3ccccc3)o2)cc1. The van der Waals surface area contributed by atoms with Crippen LogP contribution >= 0.6 is 0 Å². The summed E-state index contributed by atoms with van der Waals surface area (Å²) in [5.74, 6) is 1.27. The minimum absolute atomic E-state index is 0.377. The average Bonchev–Trinajstić information content (AvgIpc) is 3.20. The molecular weight excluding hydrogens is 356 g/mol. The van der Waals surface area contributed by atoms with E-state index in [2.05, 4.69) is 10.2 Å². The normalized spacial score (nSPS) is 12.0. The maximum absolute atomic E-state index is 13.0. The number of aryl methyl sites for hydroxylation is 1. The molecule has 1 atom stereocenters. The van der Waals surface area contributed by atoms with Crippen molar-refractivity contribution < 1.29 is 8.63 Å². The Bertz CT molecular complexity index is 1070. The maximum atomic E-state index is 13.0. The number of benzene rings is 3. The van der Waals surface area contributed by atoms with Crippen LogP contribution in [-0.2, 0) is 16.6 Å². The van der Waals surface area contributed by atoms with Gasteiger partial charge in [-0.15, -0.1) is 10.2 Å². The van der Waals surface area contributed by atoms with E-state index in [9.17, 15) is 4.21 Å². The second-order valence-electron chi connectivity index (χ2n) is 6.25. The lowest BCUT2D eigenvalue weighted by molar-refractivity contribution is 0.583.